The molecule has 1 N–H and O–H groups in total. The zero-order valence-corrected chi connectivity index (χ0v) is 14.2. The molecule has 8 heteroatoms. The molecule has 0 aliphatic rings. The monoisotopic (exact) mass is 364 g/mol. The molecule has 2 aromatic rings. The lowest BCUT2D eigenvalue weighted by atomic mass is 10.2. The zero-order valence-electron chi connectivity index (χ0n) is 12.6. The number of nitrogens with zero attached hydrogens (tertiary/aromatic N) is 1. The van der Waals surface area contributed by atoms with Gasteiger partial charge >= 0.3 is 0 Å². The van der Waals surface area contributed by atoms with Crippen LogP contribution >= 0.6 is 11.6 Å². The summed E-state index contributed by atoms with van der Waals surface area (Å²) in [5, 5.41) is 11.9. The molecular weight excluding hydrogens is 352 g/mol. The Kier molecular flexibility index (Phi) is 5.44. The normalized spacial score (nSPS) is 10.7. The molecule has 124 valence electrons. The number of amides is 1. The molecule has 0 atom stereocenters. The van der Waals surface area contributed by atoms with Gasteiger partial charge in [0.15, 0.2) is 16.4 Å². The first kappa shape index (κ1) is 17.8. The summed E-state index contributed by atoms with van der Waals surface area (Å²) < 4.78 is 28.0. The number of halogens is 1. The van der Waals surface area contributed by atoms with Crippen molar-refractivity contribution in [1.29, 1.82) is 5.26 Å². The van der Waals surface area contributed by atoms with Crippen LogP contribution < -0.4 is 10.1 Å². The third kappa shape index (κ3) is 4.72. The van der Waals surface area contributed by atoms with E-state index in [1.165, 1.54) is 36.4 Å². The second kappa shape index (κ2) is 7.34. The van der Waals surface area contributed by atoms with Crippen molar-refractivity contribution in [3.8, 4) is 11.8 Å². The third-order valence-corrected chi connectivity index (χ3v) is 4.36. The van der Waals surface area contributed by atoms with E-state index in [0.717, 1.165) is 6.26 Å². The van der Waals surface area contributed by atoms with Crippen LogP contribution in [0.25, 0.3) is 0 Å². The van der Waals surface area contributed by atoms with E-state index in [4.69, 9.17) is 21.6 Å². The van der Waals surface area contributed by atoms with E-state index < -0.39 is 15.7 Å². The molecule has 0 aliphatic heterocycles. The van der Waals surface area contributed by atoms with E-state index >= 15 is 0 Å². The van der Waals surface area contributed by atoms with E-state index in [9.17, 15) is 13.2 Å². The molecule has 2 rings (SSSR count). The van der Waals surface area contributed by atoms with Crippen molar-refractivity contribution in [3.63, 3.8) is 0 Å². The van der Waals surface area contributed by atoms with E-state index in [-0.39, 0.29) is 17.1 Å². The number of ether oxygens (including phenoxy) is 1. The van der Waals surface area contributed by atoms with Crippen molar-refractivity contribution in [1.82, 2.24) is 0 Å². The van der Waals surface area contributed by atoms with Crippen LogP contribution in [-0.2, 0) is 14.6 Å². The van der Waals surface area contributed by atoms with Gasteiger partial charge in [0.2, 0.25) is 0 Å². The van der Waals surface area contributed by atoms with Gasteiger partial charge in [0.1, 0.15) is 11.8 Å². The quantitative estimate of drug-likeness (QED) is 0.879. The Labute approximate surface area is 144 Å². The fourth-order valence-corrected chi connectivity index (χ4v) is 2.64. The van der Waals surface area contributed by atoms with Crippen molar-refractivity contribution in [2.24, 2.45) is 0 Å². The largest absolute Gasteiger partial charge is 0.484 e. The van der Waals surface area contributed by atoms with Crippen LogP contribution in [0.1, 0.15) is 5.56 Å². The number of benzene rings is 2. The fraction of sp³-hybridized carbons (Fsp3) is 0.125. The van der Waals surface area contributed by atoms with Crippen LogP contribution in [0.4, 0.5) is 5.69 Å². The van der Waals surface area contributed by atoms with Crippen LogP contribution in [0, 0.1) is 11.3 Å². The number of nitrogens with one attached hydrogen (secondary N) is 1. The van der Waals surface area contributed by atoms with Crippen molar-refractivity contribution in [2.75, 3.05) is 18.2 Å². The molecule has 24 heavy (non-hydrogen) atoms. The van der Waals surface area contributed by atoms with Crippen molar-refractivity contribution in [3.05, 3.63) is 53.1 Å². The number of carbonyl (C=O) groups is 1. The predicted molar refractivity (Wildman–Crippen MR) is 89.8 cm³/mol. The summed E-state index contributed by atoms with van der Waals surface area (Å²) in [6, 6.07) is 12.2. The number of rotatable bonds is 5. The molecular formula is C16H13ClN2O4S. The van der Waals surface area contributed by atoms with Gasteiger partial charge in [0, 0.05) is 11.3 Å². The fourth-order valence-electron chi connectivity index (χ4n) is 1.84. The topological polar surface area (TPSA) is 96.3 Å². The lowest BCUT2D eigenvalue weighted by molar-refractivity contribution is -0.118. The molecule has 0 spiro atoms. The van der Waals surface area contributed by atoms with Crippen LogP contribution in [0.3, 0.4) is 0 Å². The van der Waals surface area contributed by atoms with Gasteiger partial charge in [0.05, 0.1) is 16.1 Å². The summed E-state index contributed by atoms with van der Waals surface area (Å²) in [6.45, 7) is -0.296. The summed E-state index contributed by atoms with van der Waals surface area (Å²) in [6.07, 6.45) is 1.11. The second-order valence-electron chi connectivity index (χ2n) is 4.88. The molecule has 0 aliphatic carbocycles. The van der Waals surface area contributed by atoms with E-state index in [0.29, 0.717) is 16.5 Å². The standard InChI is InChI=1S/C16H13ClN2O4S/c1-24(21,22)14-6-4-13(5-7-14)23-10-16(20)19-15-8-12(17)3-2-11(15)9-18/h2-8H,10H2,1H3,(H,19,20). The van der Waals surface area contributed by atoms with Gasteiger partial charge < -0.3 is 10.1 Å². The zero-order chi connectivity index (χ0) is 17.7. The number of sulfone groups is 1. The minimum absolute atomic E-state index is 0.164. The maximum absolute atomic E-state index is 11.9. The van der Waals surface area contributed by atoms with E-state index in [1.54, 1.807) is 6.07 Å². The summed E-state index contributed by atoms with van der Waals surface area (Å²) in [4.78, 5) is 12.1. The average Bonchev–Trinajstić information content (AvgIpc) is 2.53. The maximum Gasteiger partial charge on any atom is 0.262 e. The molecule has 0 radical (unpaired) electrons. The minimum Gasteiger partial charge on any atom is -0.484 e. The Morgan fingerprint density at radius 1 is 1.25 bits per heavy atom. The van der Waals surface area contributed by atoms with Crippen molar-refractivity contribution in [2.45, 2.75) is 4.90 Å². The summed E-state index contributed by atoms with van der Waals surface area (Å²) in [7, 11) is -3.28. The van der Waals surface area contributed by atoms with Gasteiger partial charge in [-0.2, -0.15) is 5.26 Å². The number of hydrogen-bond donors (Lipinski definition) is 1. The molecule has 6 nitrogen and oxygen atoms in total. The van der Waals surface area contributed by atoms with Crippen LogP contribution in [0.5, 0.6) is 5.75 Å². The Morgan fingerprint density at radius 2 is 1.92 bits per heavy atom. The highest BCUT2D eigenvalue weighted by Gasteiger charge is 2.10. The van der Waals surface area contributed by atoms with Gasteiger partial charge in [-0.25, -0.2) is 8.42 Å². The first-order valence-corrected chi connectivity index (χ1v) is 8.99. The molecule has 0 heterocycles. The molecule has 1 amide bonds. The Morgan fingerprint density at radius 3 is 2.50 bits per heavy atom. The Hall–Kier alpha value is -2.56. The van der Waals surface area contributed by atoms with Crippen LogP contribution in [0.15, 0.2) is 47.4 Å². The highest BCUT2D eigenvalue weighted by Crippen LogP contribution is 2.20. The number of nitriles is 1. The summed E-state index contributed by atoms with van der Waals surface area (Å²) in [5.74, 6) is -0.120. The van der Waals surface area contributed by atoms with Gasteiger partial charge in [-0.1, -0.05) is 11.6 Å². The van der Waals surface area contributed by atoms with Crippen molar-refractivity contribution < 1.29 is 17.9 Å². The predicted octanol–water partition coefficient (Wildman–Crippen LogP) is 2.63. The Balaban J connectivity index is 1.99. The highest BCUT2D eigenvalue weighted by molar-refractivity contribution is 7.90. The first-order chi connectivity index (χ1) is 11.3. The van der Waals surface area contributed by atoms with Crippen molar-refractivity contribution >= 4 is 33.0 Å². The van der Waals surface area contributed by atoms with E-state index in [2.05, 4.69) is 5.32 Å². The molecule has 0 aromatic heterocycles. The van der Waals surface area contributed by atoms with Crippen LogP contribution in [-0.4, -0.2) is 27.2 Å². The summed E-state index contributed by atoms with van der Waals surface area (Å²) in [5.41, 5.74) is 0.580. The highest BCUT2D eigenvalue weighted by atomic mass is 35.5. The number of carbonyl (C=O) groups excluding carboxylic acids is 1. The number of anilines is 1. The average molecular weight is 365 g/mol. The second-order valence-corrected chi connectivity index (χ2v) is 7.33. The minimum atomic E-state index is -3.28. The van der Waals surface area contributed by atoms with E-state index in [1.807, 2.05) is 6.07 Å². The molecule has 0 unspecified atom stereocenters. The molecule has 0 bridgehead atoms. The lowest BCUT2D eigenvalue weighted by Gasteiger charge is -2.09. The molecule has 0 saturated carbocycles. The van der Waals surface area contributed by atoms with Crippen LogP contribution in [0.2, 0.25) is 5.02 Å². The molecule has 0 saturated heterocycles. The smallest absolute Gasteiger partial charge is 0.262 e. The lowest BCUT2D eigenvalue weighted by Crippen LogP contribution is -2.20. The number of hydrogen-bond acceptors (Lipinski definition) is 5. The summed E-state index contributed by atoms with van der Waals surface area (Å²) >= 11 is 5.84. The molecule has 0 fully saturated rings. The third-order valence-electron chi connectivity index (χ3n) is 3.00. The van der Waals surface area contributed by atoms with Gasteiger partial charge in [-0.15, -0.1) is 0 Å². The molecule has 2 aromatic carbocycles. The maximum atomic E-state index is 11.9. The van der Waals surface area contributed by atoms with Gasteiger partial charge in [-0.3, -0.25) is 4.79 Å². The van der Waals surface area contributed by atoms with Gasteiger partial charge in [0.25, 0.3) is 5.91 Å². The SMILES string of the molecule is CS(=O)(=O)c1ccc(OCC(=O)Nc2cc(Cl)ccc2C#N)cc1. The first-order valence-electron chi connectivity index (χ1n) is 6.72. The van der Waals surface area contributed by atoms with Gasteiger partial charge in [-0.05, 0) is 42.5 Å². The Bertz CT molecular complexity index is 903.